The van der Waals surface area contributed by atoms with E-state index in [1.54, 1.807) is 0 Å². The fourth-order valence-corrected chi connectivity index (χ4v) is 1.77. The zero-order chi connectivity index (χ0) is 9.26. The molecule has 0 aromatic heterocycles. The Morgan fingerprint density at radius 3 is 2.62 bits per heavy atom. The number of ether oxygens (including phenoxy) is 2. The van der Waals surface area contributed by atoms with Crippen molar-refractivity contribution in [1.29, 1.82) is 0 Å². The number of carbonyl (C=O) groups excluding carboxylic acids is 1. The maximum absolute atomic E-state index is 11.5. The predicted molar refractivity (Wildman–Crippen MR) is 46.0 cm³/mol. The standard InChI is InChI=1S/C9H15NO3/c10-7-2-1-6(3-7)9(11)13-8-4-12-5-8/h6-8H,1-5,10H2/t6-,7+/m1/s1. The smallest absolute Gasteiger partial charge is 0.309 e. The summed E-state index contributed by atoms with van der Waals surface area (Å²) in [7, 11) is 0. The topological polar surface area (TPSA) is 61.6 Å². The number of hydrogen-bond donors (Lipinski definition) is 1. The van der Waals surface area contributed by atoms with Crippen molar-refractivity contribution < 1.29 is 14.3 Å². The highest BCUT2D eigenvalue weighted by molar-refractivity contribution is 5.73. The average Bonchev–Trinajstić information content (AvgIpc) is 2.44. The third-order valence-corrected chi connectivity index (χ3v) is 2.70. The van der Waals surface area contributed by atoms with E-state index in [1.165, 1.54) is 0 Å². The lowest BCUT2D eigenvalue weighted by atomic mass is 10.1. The third-order valence-electron chi connectivity index (χ3n) is 2.70. The predicted octanol–water partition coefficient (Wildman–Crippen LogP) is 0.0558. The first-order chi connectivity index (χ1) is 6.25. The summed E-state index contributed by atoms with van der Waals surface area (Å²) in [5.74, 6) is -0.0446. The fourth-order valence-electron chi connectivity index (χ4n) is 1.77. The molecule has 4 heteroatoms. The van der Waals surface area contributed by atoms with Gasteiger partial charge >= 0.3 is 5.97 Å². The molecule has 0 radical (unpaired) electrons. The molecule has 1 aliphatic carbocycles. The molecule has 13 heavy (non-hydrogen) atoms. The van der Waals surface area contributed by atoms with Gasteiger partial charge in [-0.15, -0.1) is 0 Å². The van der Waals surface area contributed by atoms with Gasteiger partial charge in [0.1, 0.15) is 6.10 Å². The van der Waals surface area contributed by atoms with Gasteiger partial charge in [-0.3, -0.25) is 4.79 Å². The van der Waals surface area contributed by atoms with Crippen molar-refractivity contribution in [3.05, 3.63) is 0 Å². The Morgan fingerprint density at radius 1 is 1.38 bits per heavy atom. The number of esters is 1. The molecular formula is C9H15NO3. The van der Waals surface area contributed by atoms with Crippen LogP contribution in [-0.2, 0) is 14.3 Å². The van der Waals surface area contributed by atoms with Crippen LogP contribution < -0.4 is 5.73 Å². The minimum absolute atomic E-state index is 0.00400. The van der Waals surface area contributed by atoms with Crippen molar-refractivity contribution in [3.8, 4) is 0 Å². The second-order valence-electron chi connectivity index (χ2n) is 3.87. The summed E-state index contributed by atoms with van der Waals surface area (Å²) in [5, 5.41) is 0. The summed E-state index contributed by atoms with van der Waals surface area (Å²) < 4.78 is 10.1. The Hall–Kier alpha value is -0.610. The highest BCUT2D eigenvalue weighted by Gasteiger charge is 2.32. The van der Waals surface area contributed by atoms with Crippen molar-refractivity contribution in [1.82, 2.24) is 0 Å². The summed E-state index contributed by atoms with van der Waals surface area (Å²) in [4.78, 5) is 11.5. The van der Waals surface area contributed by atoms with E-state index >= 15 is 0 Å². The molecule has 0 unspecified atom stereocenters. The van der Waals surface area contributed by atoms with Gasteiger partial charge in [-0.05, 0) is 19.3 Å². The van der Waals surface area contributed by atoms with Gasteiger partial charge in [-0.2, -0.15) is 0 Å². The maximum atomic E-state index is 11.5. The number of nitrogens with two attached hydrogens (primary N) is 1. The van der Waals surface area contributed by atoms with Gasteiger partial charge in [0, 0.05) is 6.04 Å². The lowest BCUT2D eigenvalue weighted by molar-refractivity contribution is -0.176. The maximum Gasteiger partial charge on any atom is 0.309 e. The van der Waals surface area contributed by atoms with Crippen LogP contribution in [0.15, 0.2) is 0 Å². The lowest BCUT2D eigenvalue weighted by Crippen LogP contribution is -2.39. The molecule has 2 N–H and O–H groups in total. The van der Waals surface area contributed by atoms with E-state index in [2.05, 4.69) is 0 Å². The number of carbonyl (C=O) groups is 1. The highest BCUT2D eigenvalue weighted by atomic mass is 16.6. The van der Waals surface area contributed by atoms with Gasteiger partial charge in [-0.1, -0.05) is 0 Å². The van der Waals surface area contributed by atoms with Crippen molar-refractivity contribution >= 4 is 5.97 Å². The Morgan fingerprint density at radius 2 is 2.15 bits per heavy atom. The molecule has 0 aromatic rings. The van der Waals surface area contributed by atoms with Gasteiger partial charge in [0.25, 0.3) is 0 Å². The summed E-state index contributed by atoms with van der Waals surface area (Å²) in [6.45, 7) is 1.12. The Labute approximate surface area is 77.4 Å². The van der Waals surface area contributed by atoms with Gasteiger partial charge in [-0.25, -0.2) is 0 Å². The van der Waals surface area contributed by atoms with Gasteiger partial charge < -0.3 is 15.2 Å². The van der Waals surface area contributed by atoms with Crippen molar-refractivity contribution in [2.75, 3.05) is 13.2 Å². The third kappa shape index (κ3) is 2.00. The first-order valence-electron chi connectivity index (χ1n) is 4.79. The molecule has 2 atom stereocenters. The summed E-state index contributed by atoms with van der Waals surface area (Å²) in [5.41, 5.74) is 5.71. The summed E-state index contributed by atoms with van der Waals surface area (Å²) in [6, 6.07) is 0.190. The molecule has 2 aliphatic rings. The van der Waals surface area contributed by atoms with E-state index in [1.807, 2.05) is 0 Å². The Bertz CT molecular complexity index is 203. The van der Waals surface area contributed by atoms with E-state index in [9.17, 15) is 4.79 Å². The molecule has 1 aliphatic heterocycles. The van der Waals surface area contributed by atoms with Crippen LogP contribution in [0.1, 0.15) is 19.3 Å². The normalized spacial score (nSPS) is 34.2. The Balaban J connectivity index is 1.76. The SMILES string of the molecule is N[C@H]1CC[C@@H](C(=O)OC2COC2)C1. The van der Waals surface area contributed by atoms with Crippen LogP contribution in [-0.4, -0.2) is 31.3 Å². The van der Waals surface area contributed by atoms with Crippen LogP contribution in [0, 0.1) is 5.92 Å². The molecule has 1 saturated heterocycles. The molecule has 1 saturated carbocycles. The molecule has 1 heterocycles. The highest BCUT2D eigenvalue weighted by Crippen LogP contribution is 2.26. The molecule has 2 fully saturated rings. The Kier molecular flexibility index (Phi) is 2.51. The van der Waals surface area contributed by atoms with Crippen molar-refractivity contribution in [3.63, 3.8) is 0 Å². The zero-order valence-corrected chi connectivity index (χ0v) is 7.57. The number of hydrogen-bond acceptors (Lipinski definition) is 4. The van der Waals surface area contributed by atoms with Crippen LogP contribution in [0.2, 0.25) is 0 Å². The largest absolute Gasteiger partial charge is 0.457 e. The fraction of sp³-hybridized carbons (Fsp3) is 0.889. The van der Waals surface area contributed by atoms with Crippen LogP contribution in [0.5, 0.6) is 0 Å². The van der Waals surface area contributed by atoms with E-state index < -0.39 is 0 Å². The van der Waals surface area contributed by atoms with Crippen molar-refractivity contribution in [2.45, 2.75) is 31.4 Å². The molecule has 0 amide bonds. The van der Waals surface area contributed by atoms with Crippen LogP contribution in [0.4, 0.5) is 0 Å². The monoisotopic (exact) mass is 185 g/mol. The van der Waals surface area contributed by atoms with Crippen LogP contribution in [0.25, 0.3) is 0 Å². The van der Waals surface area contributed by atoms with Crippen LogP contribution >= 0.6 is 0 Å². The lowest BCUT2D eigenvalue weighted by Gasteiger charge is -2.26. The second kappa shape index (κ2) is 3.64. The van der Waals surface area contributed by atoms with Gasteiger partial charge in [0.15, 0.2) is 0 Å². The van der Waals surface area contributed by atoms with E-state index in [4.69, 9.17) is 15.2 Å². The molecule has 0 bridgehead atoms. The van der Waals surface area contributed by atoms with Crippen molar-refractivity contribution in [2.24, 2.45) is 11.7 Å². The molecule has 74 valence electrons. The first-order valence-corrected chi connectivity index (χ1v) is 4.79. The average molecular weight is 185 g/mol. The summed E-state index contributed by atoms with van der Waals surface area (Å²) in [6.07, 6.45) is 2.62. The van der Waals surface area contributed by atoms with Gasteiger partial charge in [0.2, 0.25) is 0 Å². The van der Waals surface area contributed by atoms with E-state index in [0.717, 1.165) is 19.3 Å². The zero-order valence-electron chi connectivity index (χ0n) is 7.57. The molecule has 0 spiro atoms. The first kappa shape index (κ1) is 8.97. The minimum Gasteiger partial charge on any atom is -0.457 e. The molecule has 4 nitrogen and oxygen atoms in total. The van der Waals surface area contributed by atoms with E-state index in [-0.39, 0.29) is 24.0 Å². The van der Waals surface area contributed by atoms with Crippen LogP contribution in [0.3, 0.4) is 0 Å². The quantitative estimate of drug-likeness (QED) is 0.618. The minimum atomic E-state index is -0.0822. The van der Waals surface area contributed by atoms with E-state index in [0.29, 0.717) is 13.2 Å². The second-order valence-corrected chi connectivity index (χ2v) is 3.87. The molecule has 2 rings (SSSR count). The number of rotatable bonds is 2. The summed E-state index contributed by atoms with van der Waals surface area (Å²) >= 11 is 0. The van der Waals surface area contributed by atoms with Gasteiger partial charge in [0.05, 0.1) is 19.1 Å². The molecule has 0 aromatic carbocycles. The molecular weight excluding hydrogens is 170 g/mol.